The highest BCUT2D eigenvalue weighted by Gasteiger charge is 2.39. The Hall–Kier alpha value is -0.780. The quantitative estimate of drug-likeness (QED) is 0.482. The Balaban J connectivity index is 3.18. The maximum atomic E-state index is 13.2. The maximum absolute atomic E-state index is 13.2. The van der Waals surface area contributed by atoms with Crippen LogP contribution in [0.3, 0.4) is 0 Å². The molecule has 0 aromatic heterocycles. The Morgan fingerprint density at radius 1 is 1.47 bits per heavy atom. The number of hydrogen-bond acceptors (Lipinski definition) is 2. The minimum absolute atomic E-state index is 0.252. The first-order valence-corrected chi connectivity index (χ1v) is 4.53. The van der Waals surface area contributed by atoms with E-state index in [1.807, 2.05) is 0 Å². The molecule has 0 radical (unpaired) electrons. The summed E-state index contributed by atoms with van der Waals surface area (Å²) in [5.74, 6) is 4.15. The zero-order chi connectivity index (χ0) is 11.6. The Kier molecular flexibility index (Phi) is 3.59. The molecule has 1 atom stereocenters. The van der Waals surface area contributed by atoms with E-state index in [1.54, 1.807) is 12.3 Å². The minimum Gasteiger partial charge on any atom is -0.271 e. The molecule has 1 aromatic rings. The fourth-order valence-corrected chi connectivity index (χ4v) is 1.43. The van der Waals surface area contributed by atoms with Gasteiger partial charge in [-0.15, -0.1) is 0 Å². The van der Waals surface area contributed by atoms with Crippen LogP contribution in [-0.2, 0) is 0 Å². The summed E-state index contributed by atoms with van der Waals surface area (Å²) in [6.45, 7) is 1.66. The molecule has 15 heavy (non-hydrogen) atoms. The molecule has 3 N–H and O–H groups in total. The summed E-state index contributed by atoms with van der Waals surface area (Å²) in [6, 6.07) is 2.09. The molecule has 0 heterocycles. The van der Waals surface area contributed by atoms with Crippen molar-refractivity contribution in [3.8, 4) is 0 Å². The summed E-state index contributed by atoms with van der Waals surface area (Å²) in [5.41, 5.74) is 2.20. The van der Waals surface area contributed by atoms with Crippen LogP contribution in [0.15, 0.2) is 18.2 Å². The standard InChI is InChI=1S/C9H10ClF3N2/c1-5-2-3-7(11)6(4-5)8(15-14)9(10,12)13/h2-4,8,15H,14H2,1H3. The zero-order valence-electron chi connectivity index (χ0n) is 7.90. The van der Waals surface area contributed by atoms with Crippen molar-refractivity contribution in [3.05, 3.63) is 35.1 Å². The van der Waals surface area contributed by atoms with Crippen molar-refractivity contribution >= 4 is 11.6 Å². The SMILES string of the molecule is Cc1ccc(F)c(C(NN)C(F)(F)Cl)c1. The predicted octanol–water partition coefficient (Wildman–Crippen LogP) is 2.47. The third-order valence-electron chi connectivity index (χ3n) is 1.96. The van der Waals surface area contributed by atoms with Crippen LogP contribution < -0.4 is 11.3 Å². The van der Waals surface area contributed by atoms with Crippen molar-refractivity contribution in [1.82, 2.24) is 5.43 Å². The van der Waals surface area contributed by atoms with Crippen molar-refractivity contribution in [2.45, 2.75) is 18.3 Å². The monoisotopic (exact) mass is 238 g/mol. The van der Waals surface area contributed by atoms with E-state index in [1.165, 1.54) is 12.1 Å². The number of alkyl halides is 3. The Labute approximate surface area is 90.2 Å². The number of halogens is 4. The van der Waals surface area contributed by atoms with Crippen LogP contribution in [0.2, 0.25) is 0 Å². The molecule has 0 amide bonds. The van der Waals surface area contributed by atoms with Crippen molar-refractivity contribution in [3.63, 3.8) is 0 Å². The minimum atomic E-state index is -3.65. The molecule has 1 aromatic carbocycles. The van der Waals surface area contributed by atoms with Crippen LogP contribution >= 0.6 is 11.6 Å². The molecule has 0 fully saturated rings. The summed E-state index contributed by atoms with van der Waals surface area (Å²) < 4.78 is 38.9. The fraction of sp³-hybridized carbons (Fsp3) is 0.333. The number of hydrazine groups is 1. The number of aryl methyl sites for hydroxylation is 1. The summed E-state index contributed by atoms with van der Waals surface area (Å²) in [6.07, 6.45) is 0. The lowest BCUT2D eigenvalue weighted by Crippen LogP contribution is -2.38. The van der Waals surface area contributed by atoms with Gasteiger partial charge >= 0.3 is 5.38 Å². The highest BCUT2D eigenvalue weighted by Crippen LogP contribution is 2.35. The van der Waals surface area contributed by atoms with E-state index in [0.29, 0.717) is 5.56 Å². The molecular formula is C9H10ClF3N2. The molecule has 0 bridgehead atoms. The predicted molar refractivity (Wildman–Crippen MR) is 52.0 cm³/mol. The molecule has 84 valence electrons. The van der Waals surface area contributed by atoms with Gasteiger partial charge in [-0.05, 0) is 24.6 Å². The average Bonchev–Trinajstić information content (AvgIpc) is 2.10. The van der Waals surface area contributed by atoms with Crippen LogP contribution in [0.4, 0.5) is 13.2 Å². The normalized spacial score (nSPS) is 14.0. The Bertz CT molecular complexity index is 352. The largest absolute Gasteiger partial charge is 0.342 e. The van der Waals surface area contributed by atoms with E-state index < -0.39 is 17.2 Å². The van der Waals surface area contributed by atoms with Gasteiger partial charge in [-0.25, -0.2) is 9.82 Å². The lowest BCUT2D eigenvalue weighted by atomic mass is 10.0. The van der Waals surface area contributed by atoms with Crippen molar-refractivity contribution < 1.29 is 13.2 Å². The van der Waals surface area contributed by atoms with E-state index in [2.05, 4.69) is 0 Å². The Morgan fingerprint density at radius 2 is 2.07 bits per heavy atom. The Morgan fingerprint density at radius 3 is 2.53 bits per heavy atom. The second-order valence-corrected chi connectivity index (χ2v) is 3.67. The third-order valence-corrected chi connectivity index (χ3v) is 2.17. The molecule has 0 aliphatic rings. The van der Waals surface area contributed by atoms with E-state index in [9.17, 15) is 13.2 Å². The maximum Gasteiger partial charge on any atom is 0.342 e. The highest BCUT2D eigenvalue weighted by molar-refractivity contribution is 6.22. The van der Waals surface area contributed by atoms with Crippen LogP contribution in [0.25, 0.3) is 0 Å². The average molecular weight is 239 g/mol. The highest BCUT2D eigenvalue weighted by atomic mass is 35.5. The van der Waals surface area contributed by atoms with Gasteiger partial charge in [0.2, 0.25) is 0 Å². The lowest BCUT2D eigenvalue weighted by Gasteiger charge is -2.21. The third kappa shape index (κ3) is 2.84. The molecule has 0 aliphatic heterocycles. The number of rotatable bonds is 3. The molecule has 6 heteroatoms. The number of hydrogen-bond donors (Lipinski definition) is 2. The van der Waals surface area contributed by atoms with Gasteiger partial charge in [0, 0.05) is 5.56 Å². The molecule has 2 nitrogen and oxygen atoms in total. The molecule has 1 unspecified atom stereocenters. The summed E-state index contributed by atoms with van der Waals surface area (Å²) in [5, 5.41) is -3.65. The van der Waals surface area contributed by atoms with E-state index in [4.69, 9.17) is 17.4 Å². The van der Waals surface area contributed by atoms with Gasteiger partial charge in [0.05, 0.1) is 0 Å². The van der Waals surface area contributed by atoms with Crippen LogP contribution in [-0.4, -0.2) is 5.38 Å². The zero-order valence-corrected chi connectivity index (χ0v) is 8.65. The number of nitrogens with one attached hydrogen (secondary N) is 1. The molecule has 0 saturated heterocycles. The van der Waals surface area contributed by atoms with Crippen LogP contribution in [0.1, 0.15) is 17.2 Å². The molecular weight excluding hydrogens is 229 g/mol. The van der Waals surface area contributed by atoms with Crippen LogP contribution in [0, 0.1) is 12.7 Å². The second-order valence-electron chi connectivity index (χ2n) is 3.17. The topological polar surface area (TPSA) is 38.0 Å². The smallest absolute Gasteiger partial charge is 0.271 e. The first kappa shape index (κ1) is 12.3. The number of benzene rings is 1. The lowest BCUT2D eigenvalue weighted by molar-refractivity contribution is 0.0483. The summed E-state index contributed by atoms with van der Waals surface area (Å²) in [7, 11) is 0. The van der Waals surface area contributed by atoms with Gasteiger partial charge in [-0.1, -0.05) is 17.7 Å². The summed E-state index contributed by atoms with van der Waals surface area (Å²) in [4.78, 5) is 0. The second kappa shape index (κ2) is 4.38. The van der Waals surface area contributed by atoms with Crippen molar-refractivity contribution in [2.24, 2.45) is 5.84 Å². The van der Waals surface area contributed by atoms with E-state index in [-0.39, 0.29) is 5.56 Å². The van der Waals surface area contributed by atoms with E-state index in [0.717, 1.165) is 6.07 Å². The fourth-order valence-electron chi connectivity index (χ4n) is 1.24. The van der Waals surface area contributed by atoms with Gasteiger partial charge in [0.25, 0.3) is 0 Å². The van der Waals surface area contributed by atoms with Crippen molar-refractivity contribution in [2.75, 3.05) is 0 Å². The molecule has 1 rings (SSSR count). The van der Waals surface area contributed by atoms with E-state index >= 15 is 0 Å². The van der Waals surface area contributed by atoms with Gasteiger partial charge in [-0.3, -0.25) is 5.84 Å². The first-order valence-electron chi connectivity index (χ1n) is 4.15. The van der Waals surface area contributed by atoms with Gasteiger partial charge in [0.15, 0.2) is 0 Å². The first-order chi connectivity index (χ1) is 6.86. The summed E-state index contributed by atoms with van der Waals surface area (Å²) >= 11 is 4.82. The number of nitrogens with two attached hydrogens (primary N) is 1. The molecule has 0 spiro atoms. The van der Waals surface area contributed by atoms with Crippen molar-refractivity contribution in [1.29, 1.82) is 0 Å². The molecule has 0 saturated carbocycles. The van der Waals surface area contributed by atoms with Gasteiger partial charge in [-0.2, -0.15) is 8.78 Å². The van der Waals surface area contributed by atoms with Gasteiger partial charge < -0.3 is 0 Å². The van der Waals surface area contributed by atoms with Crippen LogP contribution in [0.5, 0.6) is 0 Å². The van der Waals surface area contributed by atoms with Gasteiger partial charge in [0.1, 0.15) is 11.9 Å². The molecule has 0 aliphatic carbocycles.